The van der Waals surface area contributed by atoms with Crippen LogP contribution in [0.5, 0.6) is 0 Å². The molecule has 0 unspecified atom stereocenters. The fraction of sp³-hybridized carbons (Fsp3) is 0.636. The summed E-state index contributed by atoms with van der Waals surface area (Å²) >= 11 is 5.09. The number of carbonyl (C=O) groups excluding carboxylic acids is 1. The summed E-state index contributed by atoms with van der Waals surface area (Å²) < 4.78 is 11.1. The number of hydrogen-bond donors (Lipinski definition) is 1. The van der Waals surface area contributed by atoms with Crippen molar-refractivity contribution in [3.8, 4) is 0 Å². The van der Waals surface area contributed by atoms with E-state index >= 15 is 0 Å². The molecule has 0 aliphatic carbocycles. The highest BCUT2D eigenvalue weighted by atomic mass is 32.1. The first kappa shape index (κ1) is 12.2. The fourth-order valence-corrected chi connectivity index (χ4v) is 1.93. The topological polar surface area (TPSA) is 58.5 Å². The number of aromatic nitrogens is 1. The molecule has 0 spiro atoms. The lowest BCUT2D eigenvalue weighted by Gasteiger charge is -2.29. The van der Waals surface area contributed by atoms with Gasteiger partial charge in [0.15, 0.2) is 0 Å². The number of rotatable bonds is 0. The van der Waals surface area contributed by atoms with Crippen molar-refractivity contribution in [2.75, 3.05) is 6.54 Å². The van der Waals surface area contributed by atoms with E-state index in [1.165, 1.54) is 0 Å². The average molecular weight is 256 g/mol. The molecule has 2 heterocycles. The molecule has 0 aromatic carbocycles. The summed E-state index contributed by atoms with van der Waals surface area (Å²) in [6.07, 6.45) is 0.362. The minimum atomic E-state index is -0.476. The van der Waals surface area contributed by atoms with Crippen LogP contribution in [0.1, 0.15) is 32.1 Å². The third-order valence-corrected chi connectivity index (χ3v) is 2.82. The van der Waals surface area contributed by atoms with Crippen LogP contribution in [0.25, 0.3) is 0 Å². The molecule has 1 aliphatic rings. The molecule has 0 fully saturated rings. The van der Waals surface area contributed by atoms with Gasteiger partial charge in [-0.25, -0.2) is 9.95 Å². The van der Waals surface area contributed by atoms with Crippen LogP contribution in [0.3, 0.4) is 0 Å². The number of fused-ring (bicyclic) bond motifs is 1. The summed E-state index contributed by atoms with van der Waals surface area (Å²) in [5.74, 6) is 0.842. The van der Waals surface area contributed by atoms with Gasteiger partial charge in [0.05, 0.1) is 12.1 Å². The molecular formula is C11H16N2O3S. The second-order valence-corrected chi connectivity index (χ2v) is 5.50. The maximum absolute atomic E-state index is 11.9. The molecule has 0 saturated carbocycles. The SMILES string of the molecule is CC(C)(C)OC(=O)N1CCc2o[nH]c(=S)c2C1. The highest BCUT2D eigenvalue weighted by molar-refractivity contribution is 7.71. The summed E-state index contributed by atoms with van der Waals surface area (Å²) in [7, 11) is 0. The quantitative estimate of drug-likeness (QED) is 0.725. The van der Waals surface area contributed by atoms with Crippen LogP contribution in [-0.2, 0) is 17.7 Å². The third kappa shape index (κ3) is 2.69. The Balaban J connectivity index is 2.10. The fourth-order valence-electron chi connectivity index (χ4n) is 1.71. The van der Waals surface area contributed by atoms with Crippen LogP contribution in [0.4, 0.5) is 4.79 Å². The Kier molecular flexibility index (Phi) is 2.99. The van der Waals surface area contributed by atoms with E-state index < -0.39 is 5.60 Å². The summed E-state index contributed by atoms with van der Waals surface area (Å²) in [6, 6.07) is 0. The van der Waals surface area contributed by atoms with Gasteiger partial charge in [0.2, 0.25) is 0 Å². The van der Waals surface area contributed by atoms with Crippen LogP contribution in [0.2, 0.25) is 0 Å². The van der Waals surface area contributed by atoms with Crippen molar-refractivity contribution < 1.29 is 14.1 Å². The van der Waals surface area contributed by atoms with Gasteiger partial charge in [0.1, 0.15) is 16.0 Å². The standard InChI is InChI=1S/C11H16N2O3S/c1-11(2,3)15-10(14)13-5-4-8-7(6-13)9(17)12-16-8/h4-6H2,1-3H3,(H,12,17). The zero-order valence-electron chi connectivity index (χ0n) is 10.2. The summed E-state index contributed by atoms with van der Waals surface area (Å²) in [4.78, 5) is 13.5. The van der Waals surface area contributed by atoms with E-state index in [1.54, 1.807) is 4.90 Å². The predicted octanol–water partition coefficient (Wildman–Crippen LogP) is 2.63. The molecule has 1 N–H and O–H groups in total. The van der Waals surface area contributed by atoms with Crippen molar-refractivity contribution in [3.63, 3.8) is 0 Å². The first-order chi connectivity index (χ1) is 7.87. The number of carbonyl (C=O) groups is 1. The largest absolute Gasteiger partial charge is 0.444 e. The Morgan fingerprint density at radius 3 is 2.88 bits per heavy atom. The van der Waals surface area contributed by atoms with Gasteiger partial charge in [0.25, 0.3) is 0 Å². The van der Waals surface area contributed by atoms with E-state index in [4.69, 9.17) is 21.5 Å². The van der Waals surface area contributed by atoms with Crippen LogP contribution in [-0.4, -0.2) is 28.3 Å². The number of amides is 1. The molecule has 1 aliphatic heterocycles. The van der Waals surface area contributed by atoms with Crippen LogP contribution in [0, 0.1) is 4.64 Å². The summed E-state index contributed by atoms with van der Waals surface area (Å²) in [6.45, 7) is 6.60. The number of ether oxygens (including phenoxy) is 1. The van der Waals surface area contributed by atoms with Crippen molar-refractivity contribution in [3.05, 3.63) is 16.0 Å². The lowest BCUT2D eigenvalue weighted by Crippen LogP contribution is -2.39. The van der Waals surface area contributed by atoms with Crippen LogP contribution < -0.4 is 0 Å². The van der Waals surface area contributed by atoms with Gasteiger partial charge in [-0.2, -0.15) is 0 Å². The van der Waals surface area contributed by atoms with Gasteiger partial charge in [-0.3, -0.25) is 0 Å². The molecule has 94 valence electrons. The molecule has 1 aromatic heterocycles. The third-order valence-electron chi connectivity index (χ3n) is 2.49. The second kappa shape index (κ2) is 4.18. The summed E-state index contributed by atoms with van der Waals surface area (Å²) in [5, 5.41) is 2.65. The number of nitrogens with zero attached hydrogens (tertiary/aromatic N) is 1. The first-order valence-electron chi connectivity index (χ1n) is 5.54. The zero-order chi connectivity index (χ0) is 12.6. The van der Waals surface area contributed by atoms with E-state index in [0.29, 0.717) is 24.2 Å². The highest BCUT2D eigenvalue weighted by Gasteiger charge is 2.28. The van der Waals surface area contributed by atoms with Gasteiger partial charge in [-0.05, 0) is 20.8 Å². The van der Waals surface area contributed by atoms with Crippen LogP contribution in [0.15, 0.2) is 4.52 Å². The monoisotopic (exact) mass is 256 g/mol. The van der Waals surface area contributed by atoms with Gasteiger partial charge in [-0.1, -0.05) is 12.2 Å². The second-order valence-electron chi connectivity index (χ2n) is 5.09. The normalized spacial score (nSPS) is 15.6. The van der Waals surface area contributed by atoms with Crippen molar-refractivity contribution in [1.82, 2.24) is 10.1 Å². The molecule has 6 heteroatoms. The minimum Gasteiger partial charge on any atom is -0.444 e. The molecule has 0 saturated heterocycles. The molecule has 0 radical (unpaired) electrons. The first-order valence-corrected chi connectivity index (χ1v) is 5.95. The Morgan fingerprint density at radius 1 is 1.53 bits per heavy atom. The molecule has 5 nitrogen and oxygen atoms in total. The van der Waals surface area contributed by atoms with Crippen LogP contribution >= 0.6 is 12.2 Å². The molecular weight excluding hydrogens is 240 g/mol. The minimum absolute atomic E-state index is 0.307. The molecule has 1 amide bonds. The summed E-state index contributed by atoms with van der Waals surface area (Å²) in [5.41, 5.74) is 0.411. The van der Waals surface area contributed by atoms with E-state index in [2.05, 4.69) is 5.16 Å². The highest BCUT2D eigenvalue weighted by Crippen LogP contribution is 2.21. The number of hydrogen-bond acceptors (Lipinski definition) is 4. The number of aromatic amines is 1. The van der Waals surface area contributed by atoms with Crippen molar-refractivity contribution in [1.29, 1.82) is 0 Å². The van der Waals surface area contributed by atoms with E-state index in [9.17, 15) is 4.79 Å². The molecule has 17 heavy (non-hydrogen) atoms. The lowest BCUT2D eigenvalue weighted by atomic mass is 10.1. The maximum Gasteiger partial charge on any atom is 0.410 e. The molecule has 0 bridgehead atoms. The van der Waals surface area contributed by atoms with Gasteiger partial charge in [0, 0.05) is 13.0 Å². The maximum atomic E-state index is 11.9. The van der Waals surface area contributed by atoms with Gasteiger partial charge < -0.3 is 14.2 Å². The van der Waals surface area contributed by atoms with Crippen molar-refractivity contribution in [2.24, 2.45) is 0 Å². The van der Waals surface area contributed by atoms with Gasteiger partial charge in [-0.15, -0.1) is 0 Å². The Bertz CT molecular complexity index is 484. The van der Waals surface area contributed by atoms with Crippen molar-refractivity contribution in [2.45, 2.75) is 39.3 Å². The van der Waals surface area contributed by atoms with E-state index in [0.717, 1.165) is 11.3 Å². The Hall–Kier alpha value is -1.30. The van der Waals surface area contributed by atoms with E-state index in [1.807, 2.05) is 20.8 Å². The van der Waals surface area contributed by atoms with Crippen molar-refractivity contribution >= 4 is 18.3 Å². The van der Waals surface area contributed by atoms with Gasteiger partial charge >= 0.3 is 6.09 Å². The number of H-pyrrole nitrogens is 1. The molecule has 0 atom stereocenters. The average Bonchev–Trinajstić information content (AvgIpc) is 2.57. The van der Waals surface area contributed by atoms with E-state index in [-0.39, 0.29) is 6.09 Å². The Morgan fingerprint density at radius 2 is 2.24 bits per heavy atom. The number of nitrogens with one attached hydrogen (secondary N) is 1. The molecule has 2 rings (SSSR count). The lowest BCUT2D eigenvalue weighted by molar-refractivity contribution is 0.0218. The smallest absolute Gasteiger partial charge is 0.410 e. The zero-order valence-corrected chi connectivity index (χ0v) is 11.0. The predicted molar refractivity (Wildman–Crippen MR) is 64.2 cm³/mol. The molecule has 1 aromatic rings. The Labute approximate surface area is 105 Å².